The van der Waals surface area contributed by atoms with Crippen molar-refractivity contribution in [3.8, 4) is 0 Å². The zero-order valence-electron chi connectivity index (χ0n) is 13.8. The first kappa shape index (κ1) is 16.7. The van der Waals surface area contributed by atoms with Crippen molar-refractivity contribution in [3.63, 3.8) is 0 Å². The predicted molar refractivity (Wildman–Crippen MR) is 91.2 cm³/mol. The molecule has 0 saturated carbocycles. The summed E-state index contributed by atoms with van der Waals surface area (Å²) in [6.45, 7) is 3.17. The first-order chi connectivity index (χ1) is 11.6. The van der Waals surface area contributed by atoms with Crippen LogP contribution in [0.1, 0.15) is 33.5 Å². The Balaban J connectivity index is 1.61. The molecule has 0 unspecified atom stereocenters. The number of aliphatic hydroxyl groups excluding tert-OH is 1. The molecule has 126 valence electrons. The summed E-state index contributed by atoms with van der Waals surface area (Å²) >= 11 is 0. The maximum absolute atomic E-state index is 13.7. The maximum atomic E-state index is 13.7. The summed E-state index contributed by atoms with van der Waals surface area (Å²) in [5, 5.41) is 9.08. The van der Waals surface area contributed by atoms with Crippen molar-refractivity contribution < 1.29 is 14.3 Å². The maximum Gasteiger partial charge on any atom is 0.253 e. The zero-order chi connectivity index (χ0) is 17.1. The molecule has 1 fully saturated rings. The molecule has 1 aliphatic rings. The number of aryl methyl sites for hydroxylation is 1. The lowest BCUT2D eigenvalue weighted by atomic mass is 9.98. The van der Waals surface area contributed by atoms with Crippen molar-refractivity contribution in [2.45, 2.75) is 26.4 Å². The van der Waals surface area contributed by atoms with E-state index in [1.807, 2.05) is 29.2 Å². The van der Waals surface area contributed by atoms with E-state index in [1.165, 1.54) is 11.6 Å². The van der Waals surface area contributed by atoms with Crippen LogP contribution < -0.4 is 0 Å². The minimum absolute atomic E-state index is 0.0547. The van der Waals surface area contributed by atoms with Gasteiger partial charge in [0.05, 0.1) is 6.61 Å². The first-order valence-electron chi connectivity index (χ1n) is 8.31. The average Bonchev–Trinajstić information content (AvgIpc) is 3.06. The highest BCUT2D eigenvalue weighted by Crippen LogP contribution is 2.23. The van der Waals surface area contributed by atoms with E-state index in [0.29, 0.717) is 30.1 Å². The quantitative estimate of drug-likeness (QED) is 0.936. The summed E-state index contributed by atoms with van der Waals surface area (Å²) in [7, 11) is 0. The van der Waals surface area contributed by atoms with Gasteiger partial charge >= 0.3 is 0 Å². The Bertz CT molecular complexity index is 727. The molecule has 2 aromatic carbocycles. The highest BCUT2D eigenvalue weighted by molar-refractivity contribution is 5.94. The number of benzene rings is 2. The Morgan fingerprint density at radius 2 is 1.92 bits per heavy atom. The molecule has 0 radical (unpaired) electrons. The number of hydrogen-bond donors (Lipinski definition) is 1. The number of rotatable bonds is 4. The van der Waals surface area contributed by atoms with Crippen LogP contribution in [0.5, 0.6) is 0 Å². The van der Waals surface area contributed by atoms with E-state index in [4.69, 9.17) is 5.11 Å². The lowest BCUT2D eigenvalue weighted by Crippen LogP contribution is -2.29. The van der Waals surface area contributed by atoms with E-state index < -0.39 is 0 Å². The van der Waals surface area contributed by atoms with Gasteiger partial charge in [-0.3, -0.25) is 4.79 Å². The molecule has 1 saturated heterocycles. The van der Waals surface area contributed by atoms with Crippen molar-refractivity contribution in [1.82, 2.24) is 4.90 Å². The number of nitrogens with zero attached hydrogens (tertiary/aromatic N) is 1. The molecule has 4 heteroatoms. The zero-order valence-corrected chi connectivity index (χ0v) is 13.8. The van der Waals surface area contributed by atoms with E-state index >= 15 is 0 Å². The lowest BCUT2D eigenvalue weighted by Gasteiger charge is -2.17. The number of amides is 1. The fraction of sp³-hybridized carbons (Fsp3) is 0.350. The van der Waals surface area contributed by atoms with Crippen LogP contribution in [0.2, 0.25) is 0 Å². The monoisotopic (exact) mass is 327 g/mol. The topological polar surface area (TPSA) is 40.5 Å². The Morgan fingerprint density at radius 1 is 1.21 bits per heavy atom. The number of carbonyl (C=O) groups is 1. The summed E-state index contributed by atoms with van der Waals surface area (Å²) in [6.07, 6.45) is 1.87. The highest BCUT2D eigenvalue weighted by atomic mass is 19.1. The Morgan fingerprint density at radius 3 is 2.58 bits per heavy atom. The molecular formula is C20H22FNO2. The van der Waals surface area contributed by atoms with Gasteiger partial charge in [-0.05, 0) is 54.5 Å². The minimum atomic E-state index is -0.333. The summed E-state index contributed by atoms with van der Waals surface area (Å²) in [5.74, 6) is -0.00294. The SMILES string of the molecule is Cc1ccc(C(=O)N2CC[C@H](Cc3ccc(CO)cc3)C2)cc1F. The second-order valence-corrected chi connectivity index (χ2v) is 6.55. The predicted octanol–water partition coefficient (Wildman–Crippen LogP) is 3.33. The molecular weight excluding hydrogens is 305 g/mol. The van der Waals surface area contributed by atoms with Crippen LogP contribution in [0.15, 0.2) is 42.5 Å². The van der Waals surface area contributed by atoms with Crippen LogP contribution in [0.4, 0.5) is 4.39 Å². The van der Waals surface area contributed by atoms with Gasteiger partial charge in [0.1, 0.15) is 5.82 Å². The summed E-state index contributed by atoms with van der Waals surface area (Å²) in [6, 6.07) is 12.6. The molecule has 0 aromatic heterocycles. The Hall–Kier alpha value is -2.20. The Labute approximate surface area is 141 Å². The fourth-order valence-electron chi connectivity index (χ4n) is 3.21. The van der Waals surface area contributed by atoms with Gasteiger partial charge in [-0.1, -0.05) is 30.3 Å². The molecule has 2 aromatic rings. The summed E-state index contributed by atoms with van der Waals surface area (Å²) < 4.78 is 13.7. The van der Waals surface area contributed by atoms with Crippen LogP contribution in [-0.2, 0) is 13.0 Å². The van der Waals surface area contributed by atoms with Crippen LogP contribution in [-0.4, -0.2) is 29.0 Å². The standard InChI is InChI=1S/C20H22FNO2/c1-14-2-7-18(11-19(14)21)20(24)22-9-8-17(12-22)10-15-3-5-16(13-23)6-4-15/h2-7,11,17,23H,8-10,12-13H2,1H3/t17-/m1/s1. The van der Waals surface area contributed by atoms with Gasteiger partial charge in [-0.2, -0.15) is 0 Å². The highest BCUT2D eigenvalue weighted by Gasteiger charge is 2.27. The number of likely N-dealkylation sites (tertiary alicyclic amines) is 1. The lowest BCUT2D eigenvalue weighted by molar-refractivity contribution is 0.0786. The van der Waals surface area contributed by atoms with E-state index in [9.17, 15) is 9.18 Å². The molecule has 0 spiro atoms. The fourth-order valence-corrected chi connectivity index (χ4v) is 3.21. The number of halogens is 1. The van der Waals surface area contributed by atoms with E-state index in [2.05, 4.69) is 0 Å². The largest absolute Gasteiger partial charge is 0.392 e. The molecule has 1 N–H and O–H groups in total. The van der Waals surface area contributed by atoms with Gasteiger partial charge in [-0.25, -0.2) is 4.39 Å². The van der Waals surface area contributed by atoms with Crippen molar-refractivity contribution >= 4 is 5.91 Å². The normalized spacial score (nSPS) is 17.3. The summed E-state index contributed by atoms with van der Waals surface area (Å²) in [4.78, 5) is 14.3. The van der Waals surface area contributed by atoms with E-state index in [0.717, 1.165) is 18.4 Å². The summed E-state index contributed by atoms with van der Waals surface area (Å²) in [5.41, 5.74) is 3.10. The number of aliphatic hydroxyl groups is 1. The second kappa shape index (κ2) is 7.14. The third-order valence-corrected chi connectivity index (χ3v) is 4.72. The molecule has 0 aliphatic carbocycles. The molecule has 1 atom stereocenters. The van der Waals surface area contributed by atoms with Crippen LogP contribution in [0.25, 0.3) is 0 Å². The van der Waals surface area contributed by atoms with Crippen LogP contribution in [0, 0.1) is 18.7 Å². The van der Waals surface area contributed by atoms with Crippen molar-refractivity contribution in [3.05, 3.63) is 70.5 Å². The molecule has 3 nitrogen and oxygen atoms in total. The van der Waals surface area contributed by atoms with Crippen molar-refractivity contribution in [2.24, 2.45) is 5.92 Å². The van der Waals surface area contributed by atoms with Gasteiger partial charge in [0.15, 0.2) is 0 Å². The molecule has 1 amide bonds. The van der Waals surface area contributed by atoms with Gasteiger partial charge in [0.2, 0.25) is 0 Å². The van der Waals surface area contributed by atoms with E-state index in [1.54, 1.807) is 19.1 Å². The van der Waals surface area contributed by atoms with Gasteiger partial charge in [0.25, 0.3) is 5.91 Å². The smallest absolute Gasteiger partial charge is 0.253 e. The van der Waals surface area contributed by atoms with Crippen LogP contribution >= 0.6 is 0 Å². The van der Waals surface area contributed by atoms with E-state index in [-0.39, 0.29) is 18.3 Å². The molecule has 1 aliphatic heterocycles. The third-order valence-electron chi connectivity index (χ3n) is 4.72. The second-order valence-electron chi connectivity index (χ2n) is 6.55. The molecule has 0 bridgehead atoms. The number of carbonyl (C=O) groups excluding carboxylic acids is 1. The molecule has 3 rings (SSSR count). The average molecular weight is 327 g/mol. The van der Waals surface area contributed by atoms with Crippen LogP contribution in [0.3, 0.4) is 0 Å². The Kier molecular flexibility index (Phi) is 4.95. The van der Waals surface area contributed by atoms with Gasteiger partial charge in [0, 0.05) is 18.7 Å². The minimum Gasteiger partial charge on any atom is -0.392 e. The number of hydrogen-bond acceptors (Lipinski definition) is 2. The van der Waals surface area contributed by atoms with Crippen molar-refractivity contribution in [1.29, 1.82) is 0 Å². The molecule has 1 heterocycles. The first-order valence-corrected chi connectivity index (χ1v) is 8.31. The van der Waals surface area contributed by atoms with Gasteiger partial charge < -0.3 is 10.0 Å². The molecule has 24 heavy (non-hydrogen) atoms. The third kappa shape index (κ3) is 3.65. The van der Waals surface area contributed by atoms with Crippen molar-refractivity contribution in [2.75, 3.05) is 13.1 Å². The van der Waals surface area contributed by atoms with Gasteiger partial charge in [-0.15, -0.1) is 0 Å².